The molecular formula is C54H58F3N7O4. The second-order valence-electron chi connectivity index (χ2n) is 18.5. The van der Waals surface area contributed by atoms with Gasteiger partial charge in [-0.2, -0.15) is 0 Å². The van der Waals surface area contributed by atoms with E-state index in [0.29, 0.717) is 89.2 Å². The second-order valence-corrected chi connectivity index (χ2v) is 18.5. The first kappa shape index (κ1) is 46.6. The Balaban J connectivity index is 0.832. The molecule has 4 aliphatic rings. The van der Waals surface area contributed by atoms with Crippen molar-refractivity contribution in [3.05, 3.63) is 162 Å². The number of hydrogen-bond acceptors (Lipinski definition) is 7. The van der Waals surface area contributed by atoms with E-state index in [2.05, 4.69) is 15.5 Å². The molecule has 0 radical (unpaired) electrons. The molecule has 4 heterocycles. The predicted octanol–water partition coefficient (Wildman–Crippen LogP) is 8.46. The fourth-order valence-corrected chi connectivity index (χ4v) is 10.3. The van der Waals surface area contributed by atoms with Gasteiger partial charge in [-0.3, -0.25) is 29.0 Å². The number of likely N-dealkylation sites (tertiary alicyclic amines) is 4. The quantitative estimate of drug-likeness (QED) is 0.109. The van der Waals surface area contributed by atoms with E-state index in [1.807, 2.05) is 119 Å². The molecule has 68 heavy (non-hydrogen) atoms. The molecule has 4 fully saturated rings. The van der Waals surface area contributed by atoms with Gasteiger partial charge in [-0.25, -0.2) is 13.2 Å². The average Bonchev–Trinajstić information content (AvgIpc) is 4.20. The van der Waals surface area contributed by atoms with Crippen molar-refractivity contribution in [1.82, 2.24) is 19.6 Å². The van der Waals surface area contributed by atoms with Gasteiger partial charge in [0.1, 0.15) is 42.3 Å². The van der Waals surface area contributed by atoms with Gasteiger partial charge < -0.3 is 25.3 Å². The lowest BCUT2D eigenvalue weighted by atomic mass is 10.0. The number of carbonyl (C=O) groups excluding carboxylic acids is 4. The molecule has 0 aliphatic carbocycles. The van der Waals surface area contributed by atoms with Crippen LogP contribution in [0, 0.1) is 5.82 Å². The molecule has 4 amide bonds. The minimum absolute atomic E-state index is 0.180. The van der Waals surface area contributed by atoms with Gasteiger partial charge in [-0.15, -0.1) is 0 Å². The number of nitrogens with zero attached hydrogens (tertiary/aromatic N) is 5. The minimum atomic E-state index is -0.991. The standard InChI is InChI=1S/C54H58F3N7O4/c55-41-19-25-46(26-20-41)62(33-37-15-21-44(22-16-37)58-51(65)47-13-7-29-63(47)53(67)49(39-9-3-1-4-10-39)60-31-27-42(56)35-60)34-38-17-23-45(24-18-38)59-52(66)48-14-8-30-64(48)54(68)50(40-11-5-2-6-12-40)61-32-28-43(57)36-61/h1-6,9-12,15-26,42-43,47-50H,7-8,13-14,27-36H2,(H,58,65)(H,59,66)/t42-,43-,47?,48?,49?,50?/m0/s1. The summed E-state index contributed by atoms with van der Waals surface area (Å²) >= 11 is 0. The van der Waals surface area contributed by atoms with Crippen LogP contribution in [0.2, 0.25) is 0 Å². The molecule has 14 heteroatoms. The minimum Gasteiger partial charge on any atom is -0.363 e. The molecule has 4 unspecified atom stereocenters. The van der Waals surface area contributed by atoms with Crippen LogP contribution in [0.1, 0.15) is 72.9 Å². The van der Waals surface area contributed by atoms with Crippen LogP contribution >= 0.6 is 0 Å². The smallest absolute Gasteiger partial charge is 0.247 e. The lowest BCUT2D eigenvalue weighted by molar-refractivity contribution is -0.141. The van der Waals surface area contributed by atoms with E-state index in [1.165, 1.54) is 12.1 Å². The van der Waals surface area contributed by atoms with Gasteiger partial charge in [0, 0.05) is 69.4 Å². The maximum absolute atomic E-state index is 14.4. The molecule has 5 aromatic carbocycles. The van der Waals surface area contributed by atoms with Gasteiger partial charge in [0.2, 0.25) is 23.6 Å². The first-order valence-corrected chi connectivity index (χ1v) is 23.8. The zero-order valence-corrected chi connectivity index (χ0v) is 38.1. The lowest BCUT2D eigenvalue weighted by Crippen LogP contribution is -2.48. The van der Waals surface area contributed by atoms with Crippen molar-refractivity contribution >= 4 is 40.7 Å². The maximum atomic E-state index is 14.4. The van der Waals surface area contributed by atoms with Crippen LogP contribution in [-0.4, -0.2) is 107 Å². The number of halogens is 3. The van der Waals surface area contributed by atoms with Gasteiger partial charge in [-0.1, -0.05) is 84.9 Å². The van der Waals surface area contributed by atoms with Gasteiger partial charge in [-0.05, 0) is 109 Å². The molecule has 4 aliphatic heterocycles. The summed E-state index contributed by atoms with van der Waals surface area (Å²) in [5.41, 5.74) is 5.44. The molecule has 11 nitrogen and oxygen atoms in total. The van der Waals surface area contributed by atoms with E-state index in [0.717, 1.165) is 27.9 Å². The van der Waals surface area contributed by atoms with Crippen LogP contribution in [0.5, 0.6) is 0 Å². The van der Waals surface area contributed by atoms with E-state index in [9.17, 15) is 32.3 Å². The lowest BCUT2D eigenvalue weighted by Gasteiger charge is -2.33. The van der Waals surface area contributed by atoms with Crippen LogP contribution < -0.4 is 15.5 Å². The number of carbonyl (C=O) groups is 4. The summed E-state index contributed by atoms with van der Waals surface area (Å²) in [7, 11) is 0. The van der Waals surface area contributed by atoms with Gasteiger partial charge in [0.25, 0.3) is 0 Å². The number of nitrogens with one attached hydrogen (secondary N) is 2. The number of anilines is 3. The molecule has 0 saturated carbocycles. The largest absolute Gasteiger partial charge is 0.363 e. The summed E-state index contributed by atoms with van der Waals surface area (Å²) in [4.78, 5) is 65.1. The number of amides is 4. The zero-order valence-electron chi connectivity index (χ0n) is 38.1. The first-order valence-electron chi connectivity index (χ1n) is 23.8. The van der Waals surface area contributed by atoms with Crippen molar-refractivity contribution in [2.24, 2.45) is 0 Å². The molecular weight excluding hydrogens is 868 g/mol. The Morgan fingerprint density at radius 1 is 0.529 bits per heavy atom. The number of hydrogen-bond donors (Lipinski definition) is 2. The summed E-state index contributed by atoms with van der Waals surface area (Å²) in [6.45, 7) is 3.12. The Morgan fingerprint density at radius 3 is 1.32 bits per heavy atom. The highest BCUT2D eigenvalue weighted by Gasteiger charge is 2.43. The molecule has 0 spiro atoms. The fourth-order valence-electron chi connectivity index (χ4n) is 10.3. The molecule has 0 aromatic heterocycles. The molecule has 6 atom stereocenters. The maximum Gasteiger partial charge on any atom is 0.247 e. The van der Waals surface area contributed by atoms with Crippen LogP contribution in [0.4, 0.5) is 30.2 Å². The zero-order chi connectivity index (χ0) is 47.1. The number of rotatable bonds is 15. The SMILES string of the molecule is O=C(Nc1ccc(CN(Cc2ccc(NC(=O)C3CCCN3C(=O)C(c3ccccc3)N3CC[C@H](F)C3)cc2)c2ccc(F)cc2)cc1)C1CCCN1C(=O)C(c1ccccc1)N1CC[C@H](F)C1. The van der Waals surface area contributed by atoms with Crippen molar-refractivity contribution in [2.75, 3.05) is 54.8 Å². The molecule has 2 N–H and O–H groups in total. The first-order chi connectivity index (χ1) is 33.1. The Labute approximate surface area is 395 Å². The summed E-state index contributed by atoms with van der Waals surface area (Å²) < 4.78 is 42.8. The topological polar surface area (TPSA) is 109 Å². The highest BCUT2D eigenvalue weighted by molar-refractivity contribution is 5.99. The summed E-state index contributed by atoms with van der Waals surface area (Å²) in [6, 6.07) is 37.5. The van der Waals surface area contributed by atoms with E-state index in [-0.39, 0.29) is 42.5 Å². The molecule has 9 rings (SSSR count). The monoisotopic (exact) mass is 925 g/mol. The highest BCUT2D eigenvalue weighted by atomic mass is 19.1. The third-order valence-electron chi connectivity index (χ3n) is 13.8. The van der Waals surface area contributed by atoms with E-state index >= 15 is 0 Å². The third kappa shape index (κ3) is 10.8. The third-order valence-corrected chi connectivity index (χ3v) is 13.8. The second kappa shape index (κ2) is 21.2. The summed E-state index contributed by atoms with van der Waals surface area (Å²) in [5, 5.41) is 6.05. The average molecular weight is 926 g/mol. The number of benzene rings is 5. The van der Waals surface area contributed by atoms with Gasteiger partial charge in [0.15, 0.2) is 0 Å². The predicted molar refractivity (Wildman–Crippen MR) is 256 cm³/mol. The normalized spacial score (nSPS) is 21.7. The van der Waals surface area contributed by atoms with Crippen LogP contribution in [-0.2, 0) is 32.3 Å². The van der Waals surface area contributed by atoms with Crippen molar-refractivity contribution in [2.45, 2.75) is 88.1 Å². The highest BCUT2D eigenvalue weighted by Crippen LogP contribution is 2.34. The summed E-state index contributed by atoms with van der Waals surface area (Å²) in [5.74, 6) is -1.26. The molecule has 0 bridgehead atoms. The van der Waals surface area contributed by atoms with Crippen molar-refractivity contribution in [1.29, 1.82) is 0 Å². The Morgan fingerprint density at radius 2 is 0.941 bits per heavy atom. The van der Waals surface area contributed by atoms with Gasteiger partial charge in [0.05, 0.1) is 0 Å². The van der Waals surface area contributed by atoms with E-state index in [1.54, 1.807) is 21.9 Å². The van der Waals surface area contributed by atoms with E-state index < -0.39 is 36.5 Å². The van der Waals surface area contributed by atoms with Crippen molar-refractivity contribution in [3.8, 4) is 0 Å². The fraction of sp³-hybridized carbons (Fsp3) is 0.370. The van der Waals surface area contributed by atoms with Gasteiger partial charge >= 0.3 is 0 Å². The van der Waals surface area contributed by atoms with Crippen LogP contribution in [0.15, 0.2) is 133 Å². The summed E-state index contributed by atoms with van der Waals surface area (Å²) in [6.07, 6.45) is 1.20. The van der Waals surface area contributed by atoms with Crippen molar-refractivity contribution < 1.29 is 32.3 Å². The number of alkyl halides is 2. The van der Waals surface area contributed by atoms with Crippen molar-refractivity contribution in [3.63, 3.8) is 0 Å². The molecule has 5 aromatic rings. The molecule has 4 saturated heterocycles. The molecule has 354 valence electrons. The Kier molecular flexibility index (Phi) is 14.5. The Hall–Kier alpha value is -6.51. The van der Waals surface area contributed by atoms with Crippen LogP contribution in [0.3, 0.4) is 0 Å². The van der Waals surface area contributed by atoms with Crippen LogP contribution in [0.25, 0.3) is 0 Å². The van der Waals surface area contributed by atoms with E-state index in [4.69, 9.17) is 0 Å². The Bertz CT molecular complexity index is 2370.